The van der Waals surface area contributed by atoms with E-state index in [4.69, 9.17) is 0 Å². The Morgan fingerprint density at radius 1 is 1.20 bits per heavy atom. The molecule has 1 saturated carbocycles. The van der Waals surface area contributed by atoms with E-state index in [2.05, 4.69) is 17.0 Å². The second-order valence-corrected chi connectivity index (χ2v) is 4.21. The quantitative estimate of drug-likeness (QED) is 0.743. The first kappa shape index (κ1) is 12.8. The van der Waals surface area contributed by atoms with Crippen molar-refractivity contribution < 1.29 is 17.9 Å². The molecule has 0 unspecified atom stereocenters. The summed E-state index contributed by atoms with van der Waals surface area (Å²) in [6, 6.07) is 0.373. The van der Waals surface area contributed by atoms with Crippen LogP contribution in [0, 0.1) is 5.92 Å². The molecule has 1 fully saturated rings. The van der Waals surface area contributed by atoms with Crippen LogP contribution in [0.1, 0.15) is 32.6 Å². The van der Waals surface area contributed by atoms with E-state index < -0.39 is 6.36 Å². The molecule has 0 aromatic carbocycles. The molecule has 0 heterocycles. The molecule has 2 nitrogen and oxygen atoms in total. The van der Waals surface area contributed by atoms with Gasteiger partial charge in [0.25, 0.3) is 0 Å². The van der Waals surface area contributed by atoms with Gasteiger partial charge < -0.3 is 5.32 Å². The van der Waals surface area contributed by atoms with E-state index in [1.54, 1.807) is 0 Å². The third-order valence-corrected chi connectivity index (χ3v) is 2.82. The van der Waals surface area contributed by atoms with Gasteiger partial charge in [0.05, 0.1) is 6.61 Å². The number of hydrogen-bond donors (Lipinski definition) is 1. The van der Waals surface area contributed by atoms with Gasteiger partial charge in [-0.15, -0.1) is 13.2 Å². The second-order valence-electron chi connectivity index (χ2n) is 4.21. The third-order valence-electron chi connectivity index (χ3n) is 2.82. The minimum absolute atomic E-state index is 0.276. The van der Waals surface area contributed by atoms with Crippen LogP contribution in [-0.4, -0.2) is 25.6 Å². The van der Waals surface area contributed by atoms with E-state index in [1.807, 2.05) is 0 Å². The zero-order valence-corrected chi connectivity index (χ0v) is 8.94. The molecule has 1 aliphatic rings. The van der Waals surface area contributed by atoms with Gasteiger partial charge in [-0.1, -0.05) is 6.92 Å². The average Bonchev–Trinajstić information content (AvgIpc) is 2.14. The van der Waals surface area contributed by atoms with Crippen LogP contribution in [0.15, 0.2) is 0 Å². The van der Waals surface area contributed by atoms with Crippen molar-refractivity contribution in [2.75, 3.05) is 13.2 Å². The number of hydrogen-bond acceptors (Lipinski definition) is 2. The van der Waals surface area contributed by atoms with Crippen molar-refractivity contribution in [2.45, 2.75) is 45.0 Å². The first-order valence-electron chi connectivity index (χ1n) is 5.41. The van der Waals surface area contributed by atoms with Gasteiger partial charge in [0.1, 0.15) is 0 Å². The van der Waals surface area contributed by atoms with E-state index >= 15 is 0 Å². The van der Waals surface area contributed by atoms with Gasteiger partial charge >= 0.3 is 6.36 Å². The van der Waals surface area contributed by atoms with Crippen LogP contribution >= 0.6 is 0 Å². The van der Waals surface area contributed by atoms with Crippen molar-refractivity contribution in [1.82, 2.24) is 5.32 Å². The first-order chi connectivity index (χ1) is 6.97. The maximum Gasteiger partial charge on any atom is 0.522 e. The molecule has 0 aliphatic heterocycles. The molecule has 15 heavy (non-hydrogen) atoms. The summed E-state index contributed by atoms with van der Waals surface area (Å²) in [7, 11) is 0. The van der Waals surface area contributed by atoms with Crippen molar-refractivity contribution >= 4 is 0 Å². The molecule has 0 aromatic heterocycles. The number of alkyl halides is 3. The summed E-state index contributed by atoms with van der Waals surface area (Å²) in [6.07, 6.45) is -0.0429. The van der Waals surface area contributed by atoms with Crippen LogP contribution in [0.3, 0.4) is 0 Å². The minimum Gasteiger partial charge on any atom is -0.312 e. The molecule has 1 aliphatic carbocycles. The molecule has 0 amide bonds. The SMILES string of the molecule is CC1CCC(NCCOC(F)(F)F)CC1. The summed E-state index contributed by atoms with van der Waals surface area (Å²) in [5.74, 6) is 0.759. The van der Waals surface area contributed by atoms with Gasteiger partial charge in [-0.05, 0) is 31.6 Å². The molecule has 0 radical (unpaired) electrons. The predicted octanol–water partition coefficient (Wildman–Crippen LogP) is 2.69. The lowest BCUT2D eigenvalue weighted by atomic mass is 9.87. The summed E-state index contributed by atoms with van der Waals surface area (Å²) in [4.78, 5) is 0. The van der Waals surface area contributed by atoms with E-state index in [0.29, 0.717) is 6.04 Å². The van der Waals surface area contributed by atoms with Crippen LogP contribution in [-0.2, 0) is 4.74 Å². The average molecular weight is 225 g/mol. The molecule has 1 N–H and O–H groups in total. The Morgan fingerprint density at radius 2 is 1.80 bits per heavy atom. The van der Waals surface area contributed by atoms with E-state index in [1.165, 1.54) is 0 Å². The summed E-state index contributed by atoms with van der Waals surface area (Å²) in [5.41, 5.74) is 0. The number of nitrogens with one attached hydrogen (secondary N) is 1. The van der Waals surface area contributed by atoms with Gasteiger partial charge in [0.15, 0.2) is 0 Å². The fraction of sp³-hybridized carbons (Fsp3) is 1.00. The second kappa shape index (κ2) is 5.70. The molecule has 0 saturated heterocycles. The Labute approximate surface area is 88.2 Å². The molecular weight excluding hydrogens is 207 g/mol. The lowest BCUT2D eigenvalue weighted by Crippen LogP contribution is -2.35. The molecule has 0 bridgehead atoms. The molecule has 5 heteroatoms. The fourth-order valence-corrected chi connectivity index (χ4v) is 1.89. The Kier molecular flexibility index (Phi) is 4.86. The fourth-order valence-electron chi connectivity index (χ4n) is 1.89. The van der Waals surface area contributed by atoms with Crippen molar-refractivity contribution in [3.05, 3.63) is 0 Å². The first-order valence-corrected chi connectivity index (χ1v) is 5.41. The number of halogens is 3. The highest BCUT2D eigenvalue weighted by molar-refractivity contribution is 4.74. The van der Waals surface area contributed by atoms with Crippen molar-refractivity contribution in [2.24, 2.45) is 5.92 Å². The minimum atomic E-state index is -4.50. The lowest BCUT2D eigenvalue weighted by molar-refractivity contribution is -0.323. The molecule has 0 atom stereocenters. The van der Waals surface area contributed by atoms with Crippen molar-refractivity contribution in [3.8, 4) is 0 Å². The number of ether oxygens (including phenoxy) is 1. The normalized spacial score (nSPS) is 28.0. The maximum atomic E-state index is 11.6. The smallest absolute Gasteiger partial charge is 0.312 e. The Hall–Kier alpha value is -0.290. The molecular formula is C10H18F3NO. The highest BCUT2D eigenvalue weighted by Crippen LogP contribution is 2.23. The van der Waals surface area contributed by atoms with Crippen molar-refractivity contribution in [1.29, 1.82) is 0 Å². The van der Waals surface area contributed by atoms with Crippen LogP contribution < -0.4 is 5.32 Å². The summed E-state index contributed by atoms with van der Waals surface area (Å²) >= 11 is 0. The Morgan fingerprint density at radius 3 is 2.33 bits per heavy atom. The van der Waals surface area contributed by atoms with E-state index in [-0.39, 0.29) is 13.2 Å². The number of rotatable bonds is 4. The van der Waals surface area contributed by atoms with E-state index in [0.717, 1.165) is 31.6 Å². The maximum absolute atomic E-state index is 11.6. The van der Waals surface area contributed by atoms with Gasteiger partial charge in [0.2, 0.25) is 0 Å². The largest absolute Gasteiger partial charge is 0.522 e. The van der Waals surface area contributed by atoms with E-state index in [9.17, 15) is 13.2 Å². The summed E-state index contributed by atoms with van der Waals surface area (Å²) in [5, 5.41) is 3.09. The zero-order chi connectivity index (χ0) is 11.3. The standard InChI is InChI=1S/C10H18F3NO/c1-8-2-4-9(5-3-8)14-6-7-15-10(11,12)13/h8-9,14H,2-7H2,1H3. The van der Waals surface area contributed by atoms with Gasteiger partial charge in [0, 0.05) is 12.6 Å². The summed E-state index contributed by atoms with van der Waals surface area (Å²) < 4.78 is 38.5. The van der Waals surface area contributed by atoms with Crippen LogP contribution in [0.2, 0.25) is 0 Å². The Balaban J connectivity index is 2.01. The predicted molar refractivity (Wildman–Crippen MR) is 51.4 cm³/mol. The van der Waals surface area contributed by atoms with Crippen LogP contribution in [0.5, 0.6) is 0 Å². The highest BCUT2D eigenvalue weighted by atomic mass is 19.4. The van der Waals surface area contributed by atoms with Gasteiger partial charge in [-0.25, -0.2) is 0 Å². The van der Waals surface area contributed by atoms with Crippen LogP contribution in [0.4, 0.5) is 13.2 Å². The van der Waals surface area contributed by atoms with Gasteiger partial charge in [-0.3, -0.25) is 4.74 Å². The summed E-state index contributed by atoms with van der Waals surface area (Å²) in [6.45, 7) is 2.19. The molecule has 0 spiro atoms. The zero-order valence-electron chi connectivity index (χ0n) is 8.94. The monoisotopic (exact) mass is 225 g/mol. The lowest BCUT2D eigenvalue weighted by Gasteiger charge is -2.27. The van der Waals surface area contributed by atoms with Crippen LogP contribution in [0.25, 0.3) is 0 Å². The highest BCUT2D eigenvalue weighted by Gasteiger charge is 2.28. The molecule has 90 valence electrons. The molecule has 1 rings (SSSR count). The topological polar surface area (TPSA) is 21.3 Å². The molecule has 0 aromatic rings. The van der Waals surface area contributed by atoms with Gasteiger partial charge in [-0.2, -0.15) is 0 Å². The Bertz CT molecular complexity index is 176. The van der Waals surface area contributed by atoms with Crippen molar-refractivity contribution in [3.63, 3.8) is 0 Å². The third kappa shape index (κ3) is 5.99.